The van der Waals surface area contributed by atoms with Gasteiger partial charge in [-0.3, -0.25) is 14.4 Å². The third kappa shape index (κ3) is 5.31. The molecule has 2 unspecified atom stereocenters. The second-order valence-corrected chi connectivity index (χ2v) is 12.3. The first kappa shape index (κ1) is 32.1. The van der Waals surface area contributed by atoms with Crippen LogP contribution in [0.1, 0.15) is 111 Å². The van der Waals surface area contributed by atoms with Crippen molar-refractivity contribution in [3.63, 3.8) is 0 Å². The lowest BCUT2D eigenvalue weighted by Crippen LogP contribution is -2.65. The molecule has 7 heteroatoms. The smallest absolute Gasteiger partial charge is 0.308 e. The van der Waals surface area contributed by atoms with Gasteiger partial charge < -0.3 is 18.6 Å². The average Bonchev–Trinajstić information content (AvgIpc) is 2.95. The van der Waals surface area contributed by atoms with Gasteiger partial charge in [0.25, 0.3) is 0 Å². The van der Waals surface area contributed by atoms with Gasteiger partial charge in [-0.15, -0.1) is 0 Å². The minimum Gasteiger partial charge on any atom is -0.465 e. The molecule has 0 aromatic carbocycles. The fourth-order valence-electron chi connectivity index (χ4n) is 6.44. The standard InChI is InChI=1S/C33H50O7/c1-13-16(4)28-20(8)27(35)23(11)33(39-28)24(12)31(38-32(36)17(5)14-2)22(10)30(40-33)21(9)29-19(7)26(34)18(6)25(15-3)37-29/h16-17,21-24,30-31H,13-15H2,1-12H3/t16-,17?,21+,22-,23+,24+,30?,31+,33-/m1/s1. The fourth-order valence-corrected chi connectivity index (χ4v) is 6.44. The molecular weight excluding hydrogens is 508 g/mol. The van der Waals surface area contributed by atoms with E-state index in [2.05, 4.69) is 6.92 Å². The maximum Gasteiger partial charge on any atom is 0.308 e. The van der Waals surface area contributed by atoms with Crippen molar-refractivity contribution in [2.24, 2.45) is 29.6 Å². The van der Waals surface area contributed by atoms with Crippen LogP contribution in [0, 0.1) is 43.4 Å². The van der Waals surface area contributed by atoms with Crippen LogP contribution in [-0.4, -0.2) is 29.7 Å². The van der Waals surface area contributed by atoms with Gasteiger partial charge in [0.15, 0.2) is 11.2 Å². The van der Waals surface area contributed by atoms with Crippen molar-refractivity contribution < 1.29 is 28.2 Å². The van der Waals surface area contributed by atoms with E-state index in [1.54, 1.807) is 13.8 Å². The molecule has 0 radical (unpaired) electrons. The van der Waals surface area contributed by atoms with Crippen LogP contribution >= 0.6 is 0 Å². The second-order valence-electron chi connectivity index (χ2n) is 12.3. The molecule has 0 N–H and O–H groups in total. The van der Waals surface area contributed by atoms with Crippen molar-refractivity contribution in [3.8, 4) is 0 Å². The van der Waals surface area contributed by atoms with Crippen LogP contribution in [0.15, 0.2) is 20.5 Å². The second kappa shape index (κ2) is 12.2. The highest BCUT2D eigenvalue weighted by molar-refractivity contribution is 5.98. The molecular formula is C33H50O7. The van der Waals surface area contributed by atoms with Gasteiger partial charge in [-0.2, -0.15) is 0 Å². The van der Waals surface area contributed by atoms with Gasteiger partial charge in [-0.1, -0.05) is 55.4 Å². The number of hydrogen-bond donors (Lipinski definition) is 0. The minimum absolute atomic E-state index is 0.0185. The van der Waals surface area contributed by atoms with Gasteiger partial charge in [-0.25, -0.2) is 0 Å². The Kier molecular flexibility index (Phi) is 9.81. The zero-order valence-electron chi connectivity index (χ0n) is 26.6. The van der Waals surface area contributed by atoms with E-state index in [1.807, 2.05) is 62.3 Å². The first-order valence-corrected chi connectivity index (χ1v) is 15.1. The van der Waals surface area contributed by atoms with Crippen molar-refractivity contribution in [3.05, 3.63) is 44.2 Å². The number of ether oxygens (including phenoxy) is 3. The molecule has 2 aliphatic heterocycles. The Bertz CT molecular complexity index is 1210. The molecule has 1 spiro atoms. The molecule has 40 heavy (non-hydrogen) atoms. The van der Waals surface area contributed by atoms with Crippen molar-refractivity contribution >= 4 is 11.8 Å². The highest BCUT2D eigenvalue weighted by Gasteiger charge is 2.62. The van der Waals surface area contributed by atoms with Gasteiger partial charge in [-0.05, 0) is 40.5 Å². The molecule has 224 valence electrons. The normalized spacial score (nSPS) is 31.1. The molecule has 3 rings (SSSR count). The quantitative estimate of drug-likeness (QED) is 0.324. The lowest BCUT2D eigenvalue weighted by atomic mass is 9.70. The van der Waals surface area contributed by atoms with Crippen LogP contribution in [0.4, 0.5) is 0 Å². The molecule has 1 fully saturated rings. The highest BCUT2D eigenvalue weighted by Crippen LogP contribution is 2.52. The Morgan fingerprint density at radius 2 is 1.60 bits per heavy atom. The van der Waals surface area contributed by atoms with Gasteiger partial charge in [0, 0.05) is 40.9 Å². The summed E-state index contributed by atoms with van der Waals surface area (Å²) in [5, 5.41) is 0. The fraction of sp³-hybridized carbons (Fsp3) is 0.727. The molecule has 0 bridgehead atoms. The number of ketones is 1. The number of esters is 1. The van der Waals surface area contributed by atoms with E-state index < -0.39 is 29.8 Å². The Balaban J connectivity index is 2.20. The molecule has 3 heterocycles. The number of Topliss-reactive ketones (excluding diaryl/α,β-unsaturated/α-hetero) is 1. The summed E-state index contributed by atoms with van der Waals surface area (Å²) in [6.07, 6.45) is 0.934. The third-order valence-electron chi connectivity index (χ3n) is 9.75. The third-order valence-corrected chi connectivity index (χ3v) is 9.75. The van der Waals surface area contributed by atoms with E-state index in [0.29, 0.717) is 46.8 Å². The maximum absolute atomic E-state index is 13.7. The molecule has 2 aliphatic rings. The lowest BCUT2D eigenvalue weighted by Gasteiger charge is -2.56. The van der Waals surface area contributed by atoms with E-state index in [-0.39, 0.29) is 40.9 Å². The van der Waals surface area contributed by atoms with E-state index in [9.17, 15) is 14.4 Å². The number of aryl methyl sites for hydroxylation is 1. The van der Waals surface area contributed by atoms with Gasteiger partial charge in [0.1, 0.15) is 23.4 Å². The number of allylic oxidation sites excluding steroid dienone is 2. The predicted octanol–water partition coefficient (Wildman–Crippen LogP) is 6.80. The summed E-state index contributed by atoms with van der Waals surface area (Å²) in [4.78, 5) is 40.0. The van der Waals surface area contributed by atoms with Crippen molar-refractivity contribution in [2.75, 3.05) is 0 Å². The summed E-state index contributed by atoms with van der Waals surface area (Å²) in [5.74, 6) is -1.71. The van der Waals surface area contributed by atoms with Crippen LogP contribution in [0.5, 0.6) is 0 Å². The number of carbonyl (C=O) groups is 2. The maximum atomic E-state index is 13.7. The van der Waals surface area contributed by atoms with E-state index >= 15 is 0 Å². The van der Waals surface area contributed by atoms with Crippen LogP contribution in [-0.2, 0) is 30.2 Å². The van der Waals surface area contributed by atoms with Gasteiger partial charge in [0.05, 0.1) is 23.9 Å². The highest BCUT2D eigenvalue weighted by atomic mass is 16.7. The van der Waals surface area contributed by atoms with Crippen LogP contribution in [0.2, 0.25) is 0 Å². The Morgan fingerprint density at radius 1 is 0.975 bits per heavy atom. The summed E-state index contributed by atoms with van der Waals surface area (Å²) in [5.41, 5.74) is 1.75. The predicted molar refractivity (Wildman–Crippen MR) is 155 cm³/mol. The monoisotopic (exact) mass is 558 g/mol. The van der Waals surface area contributed by atoms with Crippen LogP contribution in [0.3, 0.4) is 0 Å². The summed E-state index contributed by atoms with van der Waals surface area (Å²) >= 11 is 0. The largest absolute Gasteiger partial charge is 0.465 e. The SMILES string of the molecule is CCc1oc([C@H](C)C2O[C@@]3(OC([C@H](C)CC)=C(C)C(=O)[C@@H]3C)[C@@H](C)[C@@H](OC(=O)C(C)CC)[C@@H]2C)c(C)c(=O)c1C. The zero-order valence-corrected chi connectivity index (χ0v) is 26.6. The first-order chi connectivity index (χ1) is 18.7. The molecule has 9 atom stereocenters. The first-order valence-electron chi connectivity index (χ1n) is 15.1. The van der Waals surface area contributed by atoms with Crippen molar-refractivity contribution in [2.45, 2.75) is 126 Å². The summed E-state index contributed by atoms with van der Waals surface area (Å²) in [7, 11) is 0. The van der Waals surface area contributed by atoms with E-state index in [0.717, 1.165) is 6.42 Å². The topological polar surface area (TPSA) is 92.0 Å². The van der Waals surface area contributed by atoms with Crippen molar-refractivity contribution in [1.29, 1.82) is 0 Å². The van der Waals surface area contributed by atoms with Gasteiger partial charge >= 0.3 is 5.97 Å². The number of hydrogen-bond acceptors (Lipinski definition) is 7. The molecule has 7 nitrogen and oxygen atoms in total. The number of rotatable bonds is 8. The van der Waals surface area contributed by atoms with Crippen LogP contribution < -0.4 is 5.43 Å². The van der Waals surface area contributed by atoms with E-state index in [1.165, 1.54) is 0 Å². The Hall–Kier alpha value is -2.41. The Labute approximate surface area is 240 Å². The van der Waals surface area contributed by atoms with Gasteiger partial charge in [0.2, 0.25) is 5.79 Å². The van der Waals surface area contributed by atoms with E-state index in [4.69, 9.17) is 18.6 Å². The zero-order chi connectivity index (χ0) is 30.3. The molecule has 0 saturated carbocycles. The molecule has 1 saturated heterocycles. The summed E-state index contributed by atoms with van der Waals surface area (Å²) < 4.78 is 26.4. The Morgan fingerprint density at radius 3 is 2.15 bits per heavy atom. The summed E-state index contributed by atoms with van der Waals surface area (Å²) in [6, 6.07) is 0. The molecule has 1 aromatic rings. The number of carbonyl (C=O) groups excluding carboxylic acids is 2. The molecule has 1 aromatic heterocycles. The lowest BCUT2D eigenvalue weighted by molar-refractivity contribution is -0.347. The molecule has 0 amide bonds. The minimum atomic E-state index is -1.34. The molecule has 0 aliphatic carbocycles. The summed E-state index contributed by atoms with van der Waals surface area (Å²) in [6.45, 7) is 23.1. The van der Waals surface area contributed by atoms with Crippen molar-refractivity contribution in [1.82, 2.24) is 0 Å². The average molecular weight is 559 g/mol. The van der Waals surface area contributed by atoms with Crippen LogP contribution in [0.25, 0.3) is 0 Å².